The molecule has 0 amide bonds. The lowest BCUT2D eigenvalue weighted by atomic mass is 9.99. The van der Waals surface area contributed by atoms with Gasteiger partial charge in [-0.15, -0.1) is 11.6 Å². The van der Waals surface area contributed by atoms with Gasteiger partial charge in [-0.2, -0.15) is 0 Å². The van der Waals surface area contributed by atoms with Crippen molar-refractivity contribution >= 4 is 46.1 Å². The zero-order chi connectivity index (χ0) is 14.7. The number of halogens is 2. The molecule has 0 saturated carbocycles. The van der Waals surface area contributed by atoms with E-state index in [1.807, 2.05) is 12.1 Å². The molecule has 20 heavy (non-hydrogen) atoms. The van der Waals surface area contributed by atoms with Gasteiger partial charge < -0.3 is 0 Å². The Hall–Kier alpha value is -0.840. The van der Waals surface area contributed by atoms with E-state index >= 15 is 0 Å². The number of nitrogens with zero attached hydrogens (tertiary/aromatic N) is 1. The number of nitrogens with one attached hydrogen (secondary N) is 1. The molecule has 0 radical (unpaired) electrons. The second-order valence-electron chi connectivity index (χ2n) is 4.61. The van der Waals surface area contributed by atoms with Gasteiger partial charge in [0.25, 0.3) is 5.24 Å². The van der Waals surface area contributed by atoms with Gasteiger partial charge in [0.2, 0.25) is 0 Å². The van der Waals surface area contributed by atoms with Crippen LogP contribution in [0.15, 0.2) is 34.9 Å². The normalized spacial score (nSPS) is 16.3. The van der Waals surface area contributed by atoms with E-state index in [0.717, 1.165) is 12.1 Å². The number of hydrazine groups is 1. The molecule has 0 bridgehead atoms. The second kappa shape index (κ2) is 6.74. The number of carbonyl (C=O) groups is 1. The Balaban J connectivity index is 2.13. The average Bonchev–Trinajstić information content (AvgIpc) is 2.91. The summed E-state index contributed by atoms with van der Waals surface area (Å²) in [5.74, 6) is 0.766. The lowest BCUT2D eigenvalue weighted by Gasteiger charge is -2.19. The predicted molar refractivity (Wildman–Crippen MR) is 87.0 cm³/mol. The second-order valence-corrected chi connectivity index (χ2v) is 6.18. The Labute approximate surface area is 133 Å². The summed E-state index contributed by atoms with van der Waals surface area (Å²) in [7, 11) is 0. The number of hydrogen-bond acceptors (Lipinski definition) is 4. The molecule has 0 spiro atoms. The van der Waals surface area contributed by atoms with Crippen molar-refractivity contribution in [2.75, 3.05) is 10.3 Å². The number of hydrogen-bond donors (Lipinski definition) is 1. The van der Waals surface area contributed by atoms with Crippen molar-refractivity contribution in [3.8, 4) is 0 Å². The third-order valence-electron chi connectivity index (χ3n) is 3.31. The van der Waals surface area contributed by atoms with Crippen molar-refractivity contribution in [2.45, 2.75) is 26.2 Å². The highest BCUT2D eigenvalue weighted by Gasteiger charge is 2.26. The molecule has 0 saturated heterocycles. The Kier molecular flexibility index (Phi) is 5.24. The molecular formula is C14H16Cl2N2OS. The predicted octanol–water partition coefficient (Wildman–Crippen LogP) is 4.39. The standard InChI is InChI=1S/C14H16Cl2N2OS/c1-3-9(2)10-4-6-11(7-5-10)18-17-12(8-15)13(20-18)14(16)19/h4-7,9,17H,3,8H2,1-2H3. The third-order valence-corrected chi connectivity index (χ3v) is 4.98. The summed E-state index contributed by atoms with van der Waals surface area (Å²) in [5, 5.41) is -0.489. The van der Waals surface area contributed by atoms with Crippen LogP contribution >= 0.6 is 35.1 Å². The van der Waals surface area contributed by atoms with Gasteiger partial charge in [0.1, 0.15) is 4.91 Å². The number of alkyl halides is 1. The van der Waals surface area contributed by atoms with Crippen LogP contribution in [-0.4, -0.2) is 11.1 Å². The maximum atomic E-state index is 11.3. The van der Waals surface area contributed by atoms with Crippen LogP contribution in [0.1, 0.15) is 31.7 Å². The topological polar surface area (TPSA) is 32.3 Å². The molecule has 2 rings (SSSR count). The first-order valence-electron chi connectivity index (χ1n) is 6.40. The van der Waals surface area contributed by atoms with Gasteiger partial charge in [-0.1, -0.05) is 26.0 Å². The Morgan fingerprint density at radius 1 is 1.40 bits per heavy atom. The number of carbonyl (C=O) groups excluding carboxylic acids is 1. The summed E-state index contributed by atoms with van der Waals surface area (Å²) in [4.78, 5) is 11.8. The molecule has 1 heterocycles. The highest BCUT2D eigenvalue weighted by molar-refractivity contribution is 8.05. The molecule has 1 aromatic carbocycles. The van der Waals surface area contributed by atoms with Gasteiger partial charge in [0, 0.05) is 11.9 Å². The minimum Gasteiger partial charge on any atom is -0.289 e. The molecule has 6 heteroatoms. The number of benzene rings is 1. The van der Waals surface area contributed by atoms with Gasteiger partial charge in [0.15, 0.2) is 0 Å². The van der Waals surface area contributed by atoms with E-state index in [2.05, 4.69) is 31.4 Å². The first kappa shape index (κ1) is 15.5. The van der Waals surface area contributed by atoms with E-state index in [4.69, 9.17) is 23.2 Å². The zero-order valence-corrected chi connectivity index (χ0v) is 13.6. The van der Waals surface area contributed by atoms with Gasteiger partial charge in [0.05, 0.1) is 17.3 Å². The number of rotatable bonds is 5. The first-order valence-corrected chi connectivity index (χ1v) is 8.09. The van der Waals surface area contributed by atoms with Crippen molar-refractivity contribution < 1.29 is 4.79 Å². The molecule has 1 atom stereocenters. The van der Waals surface area contributed by atoms with E-state index in [9.17, 15) is 4.79 Å². The van der Waals surface area contributed by atoms with Crippen LogP contribution in [0.4, 0.5) is 5.69 Å². The monoisotopic (exact) mass is 330 g/mol. The van der Waals surface area contributed by atoms with Gasteiger partial charge in [-0.05, 0) is 41.6 Å². The minimum absolute atomic E-state index is 0.224. The maximum absolute atomic E-state index is 11.3. The van der Waals surface area contributed by atoms with Crippen molar-refractivity contribution in [3.63, 3.8) is 0 Å². The summed E-state index contributed by atoms with van der Waals surface area (Å²) >= 11 is 12.6. The van der Waals surface area contributed by atoms with Gasteiger partial charge in [-0.3, -0.25) is 10.2 Å². The van der Waals surface area contributed by atoms with Crippen LogP contribution in [0.25, 0.3) is 0 Å². The lowest BCUT2D eigenvalue weighted by molar-refractivity contribution is -0.108. The fourth-order valence-electron chi connectivity index (χ4n) is 1.88. The fourth-order valence-corrected chi connectivity index (χ4v) is 3.23. The SMILES string of the molecule is CCC(C)c1ccc(N2NC(CCl)=C(C(=O)Cl)S2)cc1. The fraction of sp³-hybridized carbons (Fsp3) is 0.357. The Morgan fingerprint density at radius 3 is 2.50 bits per heavy atom. The van der Waals surface area contributed by atoms with E-state index in [1.165, 1.54) is 17.5 Å². The van der Waals surface area contributed by atoms with E-state index in [0.29, 0.717) is 16.5 Å². The molecule has 0 aromatic heterocycles. The Morgan fingerprint density at radius 2 is 2.05 bits per heavy atom. The molecule has 1 N–H and O–H groups in total. The van der Waals surface area contributed by atoms with E-state index in [1.54, 1.807) is 4.41 Å². The van der Waals surface area contributed by atoms with Crippen molar-refractivity contribution in [2.24, 2.45) is 0 Å². The molecule has 108 valence electrons. The molecule has 3 nitrogen and oxygen atoms in total. The van der Waals surface area contributed by atoms with Gasteiger partial charge in [-0.25, -0.2) is 4.41 Å². The van der Waals surface area contributed by atoms with Crippen LogP contribution < -0.4 is 9.84 Å². The number of allylic oxidation sites excluding steroid dienone is 2. The summed E-state index contributed by atoms with van der Waals surface area (Å²) in [6.07, 6.45) is 1.11. The summed E-state index contributed by atoms with van der Waals surface area (Å²) in [5.41, 5.74) is 5.99. The van der Waals surface area contributed by atoms with Crippen LogP contribution in [0, 0.1) is 0 Å². The first-order chi connectivity index (χ1) is 9.56. The molecule has 1 aliphatic heterocycles. The highest BCUT2D eigenvalue weighted by Crippen LogP contribution is 2.35. The third kappa shape index (κ3) is 3.25. The summed E-state index contributed by atoms with van der Waals surface area (Å²) in [6, 6.07) is 8.25. The van der Waals surface area contributed by atoms with Crippen LogP contribution in [-0.2, 0) is 4.79 Å². The highest BCUT2D eigenvalue weighted by atomic mass is 35.5. The maximum Gasteiger partial charge on any atom is 0.262 e. The molecule has 0 aliphatic carbocycles. The summed E-state index contributed by atoms with van der Waals surface area (Å²) in [6.45, 7) is 4.38. The van der Waals surface area contributed by atoms with Crippen LogP contribution in [0.3, 0.4) is 0 Å². The molecule has 1 aromatic rings. The molecule has 0 fully saturated rings. The molecular weight excluding hydrogens is 315 g/mol. The van der Waals surface area contributed by atoms with Gasteiger partial charge >= 0.3 is 0 Å². The molecule has 1 aliphatic rings. The summed E-state index contributed by atoms with van der Waals surface area (Å²) < 4.78 is 1.80. The van der Waals surface area contributed by atoms with Crippen molar-refractivity contribution in [1.82, 2.24) is 5.43 Å². The van der Waals surface area contributed by atoms with Crippen LogP contribution in [0.2, 0.25) is 0 Å². The van der Waals surface area contributed by atoms with Crippen LogP contribution in [0.5, 0.6) is 0 Å². The zero-order valence-electron chi connectivity index (χ0n) is 11.3. The average molecular weight is 331 g/mol. The quantitative estimate of drug-likeness (QED) is 0.493. The largest absolute Gasteiger partial charge is 0.289 e. The molecule has 1 unspecified atom stereocenters. The van der Waals surface area contributed by atoms with Crippen molar-refractivity contribution in [1.29, 1.82) is 0 Å². The number of anilines is 1. The lowest BCUT2D eigenvalue weighted by Crippen LogP contribution is -2.26. The van der Waals surface area contributed by atoms with Crippen molar-refractivity contribution in [3.05, 3.63) is 40.4 Å². The Bertz CT molecular complexity index is 530. The smallest absolute Gasteiger partial charge is 0.262 e. The van der Waals surface area contributed by atoms with E-state index < -0.39 is 5.24 Å². The minimum atomic E-state index is -0.489. The van der Waals surface area contributed by atoms with E-state index in [-0.39, 0.29) is 5.88 Å².